The maximum atomic E-state index is 13.7. The number of nitro groups is 1. The van der Waals surface area contributed by atoms with Crippen molar-refractivity contribution in [3.05, 3.63) is 98.7 Å². The first-order chi connectivity index (χ1) is 19.4. The summed E-state index contributed by atoms with van der Waals surface area (Å²) < 4.78 is 5.32. The Labute approximate surface area is 235 Å². The van der Waals surface area contributed by atoms with Gasteiger partial charge in [0.15, 0.2) is 0 Å². The Bertz CT molecular complexity index is 1570. The number of amides is 1. The van der Waals surface area contributed by atoms with E-state index in [9.17, 15) is 14.9 Å². The van der Waals surface area contributed by atoms with Crippen molar-refractivity contribution in [2.24, 2.45) is 4.99 Å². The van der Waals surface area contributed by atoms with Crippen molar-refractivity contribution in [1.82, 2.24) is 0 Å². The molecular formula is C29H23ClN6O4. The smallest absolute Gasteiger partial charge is 0.282 e. The van der Waals surface area contributed by atoms with Crippen LogP contribution >= 0.6 is 11.6 Å². The molecule has 1 heterocycles. The number of anilines is 2. The maximum Gasteiger partial charge on any atom is 0.282 e. The maximum absolute atomic E-state index is 13.7. The van der Waals surface area contributed by atoms with Crippen LogP contribution in [0, 0.1) is 32.8 Å². The molecule has 0 spiro atoms. The topological polar surface area (TPSA) is 136 Å². The number of amidine groups is 1. The van der Waals surface area contributed by atoms with Crippen LogP contribution in [-0.2, 0) is 4.79 Å². The Morgan fingerprint density at radius 1 is 1.07 bits per heavy atom. The van der Waals surface area contributed by atoms with Crippen molar-refractivity contribution >= 4 is 46.5 Å². The second kappa shape index (κ2) is 12.6. The van der Waals surface area contributed by atoms with Crippen LogP contribution in [0.2, 0.25) is 5.02 Å². The molecule has 3 aromatic rings. The molecule has 200 valence electrons. The minimum atomic E-state index is -0.540. The van der Waals surface area contributed by atoms with Gasteiger partial charge in [-0.15, -0.1) is 0 Å². The number of rotatable bonds is 10. The van der Waals surface area contributed by atoms with E-state index in [1.165, 1.54) is 30.2 Å². The highest BCUT2D eigenvalue weighted by Crippen LogP contribution is 2.33. The second-order valence-corrected chi connectivity index (χ2v) is 9.03. The Kier molecular flexibility index (Phi) is 8.75. The van der Waals surface area contributed by atoms with Crippen molar-refractivity contribution < 1.29 is 14.5 Å². The normalized spacial score (nSPS) is 13.5. The van der Waals surface area contributed by atoms with Gasteiger partial charge in [0.2, 0.25) is 0 Å². The largest absolute Gasteiger partial charge is 0.497 e. The summed E-state index contributed by atoms with van der Waals surface area (Å²) in [6.07, 6.45) is 2.26. The third-order valence-corrected chi connectivity index (χ3v) is 6.45. The molecule has 0 bridgehead atoms. The molecule has 0 fully saturated rings. The van der Waals surface area contributed by atoms with Crippen molar-refractivity contribution in [3.8, 4) is 17.9 Å². The number of ether oxygens (including phenoxy) is 1. The number of non-ortho nitro benzene ring substituents is 1. The predicted octanol–water partition coefficient (Wildman–Crippen LogP) is 5.73. The van der Waals surface area contributed by atoms with E-state index in [1.54, 1.807) is 30.3 Å². The fourth-order valence-electron chi connectivity index (χ4n) is 4.16. The number of carbonyl (C=O) groups is 1. The van der Waals surface area contributed by atoms with Gasteiger partial charge in [-0.05, 0) is 42.0 Å². The van der Waals surface area contributed by atoms with Gasteiger partial charge in [0.05, 0.1) is 47.7 Å². The average Bonchev–Trinajstić information content (AvgIpc) is 3.29. The molecule has 1 amide bonds. The van der Waals surface area contributed by atoms with E-state index in [0.717, 1.165) is 5.69 Å². The summed E-state index contributed by atoms with van der Waals surface area (Å²) >= 11 is 6.44. The van der Waals surface area contributed by atoms with Crippen molar-refractivity contribution in [2.75, 3.05) is 30.0 Å². The molecule has 1 aliphatic rings. The number of benzene rings is 3. The molecule has 0 N–H and O–H groups in total. The number of methoxy groups -OCH3 is 1. The lowest BCUT2D eigenvalue weighted by Gasteiger charge is -2.22. The summed E-state index contributed by atoms with van der Waals surface area (Å²) in [4.78, 5) is 32.5. The monoisotopic (exact) mass is 554 g/mol. The van der Waals surface area contributed by atoms with Crippen LogP contribution in [0.5, 0.6) is 5.75 Å². The third kappa shape index (κ3) is 6.09. The summed E-state index contributed by atoms with van der Waals surface area (Å²) in [5, 5.41) is 29.6. The zero-order valence-electron chi connectivity index (χ0n) is 21.5. The van der Waals surface area contributed by atoms with E-state index < -0.39 is 10.8 Å². The molecule has 10 nitrogen and oxygen atoms in total. The zero-order valence-corrected chi connectivity index (χ0v) is 22.2. The summed E-state index contributed by atoms with van der Waals surface area (Å²) in [5.74, 6) is 0.216. The molecule has 0 aliphatic carbocycles. The molecular weight excluding hydrogens is 532 g/mol. The molecule has 0 aromatic heterocycles. The van der Waals surface area contributed by atoms with Crippen molar-refractivity contribution in [3.63, 3.8) is 0 Å². The highest BCUT2D eigenvalue weighted by Gasteiger charge is 2.34. The first kappa shape index (κ1) is 27.8. The SMILES string of the molecule is COc1cccc(N2C(=O)/C(=C\c3ccc(N(CCC#N)CCC#N)cc3)N=C2c2cc([N+](=O)[O-])ccc2Cl)c1. The van der Waals surface area contributed by atoms with Crippen LogP contribution in [0.15, 0.2) is 77.4 Å². The molecule has 0 saturated heterocycles. The van der Waals surface area contributed by atoms with Gasteiger partial charge in [0.1, 0.15) is 17.3 Å². The summed E-state index contributed by atoms with van der Waals surface area (Å²) in [7, 11) is 1.51. The first-order valence-corrected chi connectivity index (χ1v) is 12.6. The first-order valence-electron chi connectivity index (χ1n) is 12.2. The van der Waals surface area contributed by atoms with E-state index >= 15 is 0 Å². The average molecular weight is 555 g/mol. The molecule has 0 radical (unpaired) electrons. The number of carbonyl (C=O) groups excluding carboxylic acids is 1. The van der Waals surface area contributed by atoms with Gasteiger partial charge < -0.3 is 9.64 Å². The van der Waals surface area contributed by atoms with Crippen molar-refractivity contribution in [2.45, 2.75) is 12.8 Å². The molecule has 0 atom stereocenters. The minimum Gasteiger partial charge on any atom is -0.497 e. The molecule has 0 unspecified atom stereocenters. The quantitative estimate of drug-likeness (QED) is 0.177. The van der Waals surface area contributed by atoms with Crippen molar-refractivity contribution in [1.29, 1.82) is 10.5 Å². The Balaban J connectivity index is 1.75. The van der Waals surface area contributed by atoms with E-state index in [1.807, 2.05) is 29.2 Å². The Morgan fingerprint density at radius 2 is 1.77 bits per heavy atom. The number of hydrogen-bond acceptors (Lipinski definition) is 8. The van der Waals surface area contributed by atoms with Crippen LogP contribution in [0.25, 0.3) is 6.08 Å². The van der Waals surface area contributed by atoms with E-state index in [2.05, 4.69) is 17.1 Å². The Morgan fingerprint density at radius 3 is 2.40 bits per heavy atom. The molecule has 4 rings (SSSR count). The lowest BCUT2D eigenvalue weighted by molar-refractivity contribution is -0.384. The predicted molar refractivity (Wildman–Crippen MR) is 152 cm³/mol. The van der Waals surface area contributed by atoms with Gasteiger partial charge in [0, 0.05) is 42.5 Å². The van der Waals surface area contributed by atoms with Crippen LogP contribution in [-0.4, -0.2) is 36.9 Å². The minimum absolute atomic E-state index is 0.110. The Hall–Kier alpha value is -5.19. The summed E-state index contributed by atoms with van der Waals surface area (Å²) in [6, 6.07) is 22.4. The van der Waals surface area contributed by atoms with Gasteiger partial charge in [-0.2, -0.15) is 10.5 Å². The fourth-order valence-corrected chi connectivity index (χ4v) is 4.37. The zero-order chi connectivity index (χ0) is 28.6. The van der Waals surface area contributed by atoms with Gasteiger partial charge in [0.25, 0.3) is 11.6 Å². The molecule has 11 heteroatoms. The van der Waals surface area contributed by atoms with E-state index in [-0.39, 0.29) is 27.8 Å². The van der Waals surface area contributed by atoms with Crippen LogP contribution in [0.1, 0.15) is 24.0 Å². The van der Waals surface area contributed by atoms with Gasteiger partial charge in [-0.25, -0.2) is 4.99 Å². The van der Waals surface area contributed by atoms with Gasteiger partial charge >= 0.3 is 0 Å². The highest BCUT2D eigenvalue weighted by molar-refractivity contribution is 6.39. The molecule has 3 aromatic carbocycles. The second-order valence-electron chi connectivity index (χ2n) is 8.62. The molecule has 0 saturated carbocycles. The van der Waals surface area contributed by atoms with Gasteiger partial charge in [-0.1, -0.05) is 29.8 Å². The third-order valence-electron chi connectivity index (χ3n) is 6.12. The number of nitro benzene ring substituents is 1. The summed E-state index contributed by atoms with van der Waals surface area (Å²) in [6.45, 7) is 0.981. The lowest BCUT2D eigenvalue weighted by Crippen LogP contribution is -2.32. The van der Waals surface area contributed by atoms with Gasteiger partial charge in [-0.3, -0.25) is 19.8 Å². The van der Waals surface area contributed by atoms with E-state index in [0.29, 0.717) is 42.9 Å². The van der Waals surface area contributed by atoms with Crippen LogP contribution in [0.4, 0.5) is 17.1 Å². The van der Waals surface area contributed by atoms with E-state index in [4.69, 9.17) is 26.9 Å². The van der Waals surface area contributed by atoms with Crippen LogP contribution < -0.4 is 14.5 Å². The number of hydrogen-bond donors (Lipinski definition) is 0. The molecule has 40 heavy (non-hydrogen) atoms. The van der Waals surface area contributed by atoms with Crippen LogP contribution in [0.3, 0.4) is 0 Å². The highest BCUT2D eigenvalue weighted by atomic mass is 35.5. The number of halogens is 1. The lowest BCUT2D eigenvalue weighted by atomic mass is 10.1. The standard InChI is InChI=1S/C29H23ClN6O4/c1-40-24-6-2-5-22(18-24)35-28(25-19-23(36(38)39)11-12-26(25)30)33-27(29(35)37)17-20-7-9-21(10-8-20)34(15-3-13-31)16-4-14-32/h2,5-12,17-19H,3-4,15-16H2,1H3/b27-17+. The number of aliphatic imine (C=N–C) groups is 1. The molecule has 1 aliphatic heterocycles. The fraction of sp³-hybridized carbons (Fsp3) is 0.172. The summed E-state index contributed by atoms with van der Waals surface area (Å²) in [5.41, 5.74) is 2.14. The number of nitriles is 2. The number of nitrogens with zero attached hydrogens (tertiary/aromatic N) is 6.